The van der Waals surface area contributed by atoms with Gasteiger partial charge in [-0.25, -0.2) is 0 Å². The third-order valence-corrected chi connectivity index (χ3v) is 2.02. The summed E-state index contributed by atoms with van der Waals surface area (Å²) in [6, 6.07) is 5.19. The molecule has 2 nitrogen and oxygen atoms in total. The second-order valence-corrected chi connectivity index (χ2v) is 4.70. The van der Waals surface area contributed by atoms with Gasteiger partial charge in [0.25, 0.3) is 0 Å². The van der Waals surface area contributed by atoms with Crippen molar-refractivity contribution in [1.82, 2.24) is 0 Å². The van der Waals surface area contributed by atoms with E-state index in [9.17, 15) is 5.11 Å². The first-order valence-electron chi connectivity index (χ1n) is 4.29. The molecule has 0 aromatic heterocycles. The maximum atomic E-state index is 9.49. The van der Waals surface area contributed by atoms with Crippen LogP contribution in [0.2, 0.25) is 10.0 Å². The van der Waals surface area contributed by atoms with E-state index in [1.165, 1.54) is 0 Å². The molecule has 0 heterocycles. The molecular weight excluding hydrogens is 221 g/mol. The third kappa shape index (κ3) is 4.18. The van der Waals surface area contributed by atoms with E-state index in [2.05, 4.69) is 5.32 Å². The first-order valence-corrected chi connectivity index (χ1v) is 5.05. The molecule has 0 saturated carbocycles. The van der Waals surface area contributed by atoms with Crippen LogP contribution in [0.5, 0.6) is 0 Å². The summed E-state index contributed by atoms with van der Waals surface area (Å²) in [7, 11) is 0. The molecule has 0 fully saturated rings. The van der Waals surface area contributed by atoms with Crippen molar-refractivity contribution in [2.45, 2.75) is 19.4 Å². The number of halogens is 2. The molecule has 1 aromatic rings. The summed E-state index contributed by atoms with van der Waals surface area (Å²) in [5, 5.41) is 13.7. The lowest BCUT2D eigenvalue weighted by molar-refractivity contribution is 0.0945. The summed E-state index contributed by atoms with van der Waals surface area (Å²) >= 11 is 11.6. The Labute approximate surface area is 93.8 Å². The molecule has 2 N–H and O–H groups in total. The number of nitrogens with one attached hydrogen (secondary N) is 1. The van der Waals surface area contributed by atoms with E-state index in [0.29, 0.717) is 16.6 Å². The summed E-state index contributed by atoms with van der Waals surface area (Å²) in [5.41, 5.74) is 0.0547. The number of aliphatic hydroxyl groups is 1. The average Bonchev–Trinajstić information content (AvgIpc) is 1.97. The lowest BCUT2D eigenvalue weighted by Gasteiger charge is -2.18. The average molecular weight is 234 g/mol. The van der Waals surface area contributed by atoms with Gasteiger partial charge in [0.15, 0.2) is 0 Å². The van der Waals surface area contributed by atoms with E-state index < -0.39 is 5.60 Å². The van der Waals surface area contributed by atoms with Crippen LogP contribution < -0.4 is 5.32 Å². The van der Waals surface area contributed by atoms with Gasteiger partial charge in [-0.05, 0) is 32.0 Å². The van der Waals surface area contributed by atoms with Crippen LogP contribution in [0.15, 0.2) is 18.2 Å². The van der Waals surface area contributed by atoms with Crippen LogP contribution in [0.3, 0.4) is 0 Å². The minimum absolute atomic E-state index is 0.448. The highest BCUT2D eigenvalue weighted by molar-refractivity contribution is 6.35. The Kier molecular flexibility index (Phi) is 3.65. The van der Waals surface area contributed by atoms with Crippen molar-refractivity contribution in [2.24, 2.45) is 0 Å². The molecule has 0 saturated heterocycles. The lowest BCUT2D eigenvalue weighted by Crippen LogP contribution is -2.29. The maximum Gasteiger partial charge on any atom is 0.0763 e. The molecule has 0 unspecified atom stereocenters. The van der Waals surface area contributed by atoms with Gasteiger partial charge in [-0.1, -0.05) is 23.2 Å². The normalized spacial score (nSPS) is 11.5. The largest absolute Gasteiger partial charge is 0.389 e. The highest BCUT2D eigenvalue weighted by atomic mass is 35.5. The predicted molar refractivity (Wildman–Crippen MR) is 61.2 cm³/mol. The molecule has 0 bridgehead atoms. The van der Waals surface area contributed by atoms with Crippen LogP contribution >= 0.6 is 23.2 Å². The minimum Gasteiger partial charge on any atom is -0.389 e. The van der Waals surface area contributed by atoms with E-state index in [1.807, 2.05) is 0 Å². The van der Waals surface area contributed by atoms with Gasteiger partial charge in [-0.15, -0.1) is 0 Å². The Morgan fingerprint density at radius 1 is 1.21 bits per heavy atom. The smallest absolute Gasteiger partial charge is 0.0763 e. The fourth-order valence-corrected chi connectivity index (χ4v) is 1.50. The van der Waals surface area contributed by atoms with Crippen LogP contribution in [0.1, 0.15) is 13.8 Å². The van der Waals surface area contributed by atoms with Gasteiger partial charge < -0.3 is 10.4 Å². The van der Waals surface area contributed by atoms with Crippen LogP contribution in [0.25, 0.3) is 0 Å². The molecule has 0 aliphatic carbocycles. The van der Waals surface area contributed by atoms with Gasteiger partial charge in [-0.2, -0.15) is 0 Å². The topological polar surface area (TPSA) is 32.3 Å². The zero-order valence-corrected chi connectivity index (χ0v) is 9.65. The summed E-state index contributed by atoms with van der Waals surface area (Å²) in [4.78, 5) is 0. The van der Waals surface area contributed by atoms with Gasteiger partial charge in [0.2, 0.25) is 0 Å². The van der Waals surface area contributed by atoms with Crippen molar-refractivity contribution in [2.75, 3.05) is 11.9 Å². The van der Waals surface area contributed by atoms with Crippen LogP contribution in [0.4, 0.5) is 5.69 Å². The second-order valence-electron chi connectivity index (χ2n) is 3.82. The molecule has 1 aromatic carbocycles. The van der Waals surface area contributed by atoms with Crippen LogP contribution in [-0.2, 0) is 0 Å². The second kappa shape index (κ2) is 4.39. The Bertz CT molecular complexity index is 300. The van der Waals surface area contributed by atoms with Crippen molar-refractivity contribution < 1.29 is 5.11 Å². The standard InChI is InChI=1S/C10H13Cl2NO/c1-10(2,14)6-13-9-4-7(11)3-8(12)5-9/h3-5,13-14H,6H2,1-2H3. The van der Waals surface area contributed by atoms with E-state index in [0.717, 1.165) is 5.69 Å². The van der Waals surface area contributed by atoms with Crippen LogP contribution in [-0.4, -0.2) is 17.3 Å². The highest BCUT2D eigenvalue weighted by Gasteiger charge is 2.11. The molecule has 0 aliphatic rings. The number of rotatable bonds is 3. The molecule has 0 spiro atoms. The SMILES string of the molecule is CC(C)(O)CNc1cc(Cl)cc(Cl)c1. The van der Waals surface area contributed by atoms with Gasteiger partial charge >= 0.3 is 0 Å². The Morgan fingerprint density at radius 2 is 1.71 bits per heavy atom. The zero-order valence-electron chi connectivity index (χ0n) is 8.14. The van der Waals surface area contributed by atoms with Gasteiger partial charge in [0.05, 0.1) is 5.60 Å². The Balaban J connectivity index is 2.68. The molecule has 4 heteroatoms. The Hall–Kier alpha value is -0.440. The first-order chi connectivity index (χ1) is 6.37. The van der Waals surface area contributed by atoms with Crippen LogP contribution in [0, 0.1) is 0 Å². The minimum atomic E-state index is -0.755. The van der Waals surface area contributed by atoms with Crippen molar-refractivity contribution in [1.29, 1.82) is 0 Å². The number of hydrogen-bond acceptors (Lipinski definition) is 2. The predicted octanol–water partition coefficient (Wildman–Crippen LogP) is 3.18. The van der Waals surface area contributed by atoms with Crippen molar-refractivity contribution in [3.63, 3.8) is 0 Å². The zero-order chi connectivity index (χ0) is 10.8. The summed E-state index contributed by atoms with van der Waals surface area (Å²) < 4.78 is 0. The number of benzene rings is 1. The van der Waals surface area contributed by atoms with E-state index in [-0.39, 0.29) is 0 Å². The number of hydrogen-bond donors (Lipinski definition) is 2. The fourth-order valence-electron chi connectivity index (χ4n) is 0.974. The van der Waals surface area contributed by atoms with Crippen molar-refractivity contribution in [3.8, 4) is 0 Å². The molecule has 78 valence electrons. The van der Waals surface area contributed by atoms with Gasteiger partial charge in [0.1, 0.15) is 0 Å². The van der Waals surface area contributed by atoms with Gasteiger partial charge in [-0.3, -0.25) is 0 Å². The monoisotopic (exact) mass is 233 g/mol. The molecular formula is C10H13Cl2NO. The molecule has 14 heavy (non-hydrogen) atoms. The lowest BCUT2D eigenvalue weighted by atomic mass is 10.1. The molecule has 0 aliphatic heterocycles. The van der Waals surface area contributed by atoms with E-state index in [1.54, 1.807) is 32.0 Å². The van der Waals surface area contributed by atoms with Crippen molar-refractivity contribution in [3.05, 3.63) is 28.2 Å². The maximum absolute atomic E-state index is 9.49. The van der Waals surface area contributed by atoms with Gasteiger partial charge in [0, 0.05) is 22.3 Å². The fraction of sp³-hybridized carbons (Fsp3) is 0.400. The summed E-state index contributed by atoms with van der Waals surface area (Å²) in [5.74, 6) is 0. The highest BCUT2D eigenvalue weighted by Crippen LogP contribution is 2.22. The quantitative estimate of drug-likeness (QED) is 0.841. The summed E-state index contributed by atoms with van der Waals surface area (Å²) in [6.45, 7) is 3.90. The molecule has 0 atom stereocenters. The Morgan fingerprint density at radius 3 is 2.14 bits per heavy atom. The molecule has 0 radical (unpaired) electrons. The summed E-state index contributed by atoms with van der Waals surface area (Å²) in [6.07, 6.45) is 0. The first kappa shape index (κ1) is 11.6. The third-order valence-electron chi connectivity index (χ3n) is 1.59. The number of anilines is 1. The van der Waals surface area contributed by atoms with Crippen molar-refractivity contribution >= 4 is 28.9 Å². The molecule has 1 rings (SSSR count). The van der Waals surface area contributed by atoms with E-state index in [4.69, 9.17) is 23.2 Å². The molecule has 0 amide bonds. The van der Waals surface area contributed by atoms with E-state index >= 15 is 0 Å².